The van der Waals surface area contributed by atoms with Crippen molar-refractivity contribution in [3.8, 4) is 0 Å². The average Bonchev–Trinajstić information content (AvgIpc) is 3.37. The second-order valence-electron chi connectivity index (χ2n) is 6.49. The fraction of sp³-hybridized carbons (Fsp3) is 0.0952. The molecule has 0 spiro atoms. The molecule has 29 heavy (non-hydrogen) atoms. The standard InChI is InChI=1S/C21H19N5O2S/c22-18(27)12-17(13-4-2-1-3-5-13)26-21(28)19-16(8-11-29-19)25-15-7-10-24-20-14(15)6-9-23-20/h1-11,17H,12H2,(H2,22,27)(H,26,28)(H2,23,24,25). The van der Waals surface area contributed by atoms with Crippen molar-refractivity contribution < 1.29 is 9.59 Å². The van der Waals surface area contributed by atoms with Crippen molar-refractivity contribution in [2.75, 3.05) is 5.32 Å². The molecule has 1 unspecified atom stereocenters. The van der Waals surface area contributed by atoms with Gasteiger partial charge in [-0.3, -0.25) is 9.59 Å². The molecule has 7 nitrogen and oxygen atoms in total. The van der Waals surface area contributed by atoms with Crippen LogP contribution in [0.1, 0.15) is 27.7 Å². The van der Waals surface area contributed by atoms with Gasteiger partial charge in [-0.2, -0.15) is 0 Å². The number of carbonyl (C=O) groups excluding carboxylic acids is 2. The van der Waals surface area contributed by atoms with Crippen LogP contribution in [0.5, 0.6) is 0 Å². The van der Waals surface area contributed by atoms with E-state index in [9.17, 15) is 9.59 Å². The second kappa shape index (κ2) is 8.15. The minimum atomic E-state index is -0.492. The maximum atomic E-state index is 13.0. The van der Waals surface area contributed by atoms with Crippen LogP contribution in [0, 0.1) is 0 Å². The van der Waals surface area contributed by atoms with E-state index < -0.39 is 11.9 Å². The van der Waals surface area contributed by atoms with E-state index in [0.29, 0.717) is 10.6 Å². The van der Waals surface area contributed by atoms with E-state index in [-0.39, 0.29) is 12.3 Å². The van der Waals surface area contributed by atoms with Crippen LogP contribution in [0.4, 0.5) is 11.4 Å². The fourth-order valence-corrected chi connectivity index (χ4v) is 3.91. The van der Waals surface area contributed by atoms with Crippen molar-refractivity contribution in [2.24, 2.45) is 5.73 Å². The number of thiophene rings is 1. The molecule has 2 amide bonds. The zero-order chi connectivity index (χ0) is 20.2. The van der Waals surface area contributed by atoms with Gasteiger partial charge in [-0.15, -0.1) is 11.3 Å². The lowest BCUT2D eigenvalue weighted by Crippen LogP contribution is -2.31. The number of aromatic nitrogens is 2. The van der Waals surface area contributed by atoms with Crippen LogP contribution < -0.4 is 16.4 Å². The van der Waals surface area contributed by atoms with E-state index in [0.717, 1.165) is 22.3 Å². The van der Waals surface area contributed by atoms with Gasteiger partial charge in [0.05, 0.1) is 23.8 Å². The first-order valence-electron chi connectivity index (χ1n) is 9.02. The number of hydrogen-bond donors (Lipinski definition) is 4. The number of amides is 2. The number of nitrogens with two attached hydrogens (primary N) is 1. The van der Waals surface area contributed by atoms with Gasteiger partial charge in [0.25, 0.3) is 5.91 Å². The minimum Gasteiger partial charge on any atom is -0.370 e. The van der Waals surface area contributed by atoms with E-state index in [2.05, 4.69) is 20.6 Å². The van der Waals surface area contributed by atoms with Gasteiger partial charge in [-0.05, 0) is 29.1 Å². The molecule has 3 heterocycles. The van der Waals surface area contributed by atoms with E-state index in [4.69, 9.17) is 5.73 Å². The second-order valence-corrected chi connectivity index (χ2v) is 7.41. The molecule has 1 aromatic carbocycles. The number of fused-ring (bicyclic) bond motifs is 1. The third-order valence-electron chi connectivity index (χ3n) is 4.51. The Morgan fingerprint density at radius 2 is 1.93 bits per heavy atom. The summed E-state index contributed by atoms with van der Waals surface area (Å²) < 4.78 is 0. The van der Waals surface area contributed by atoms with Crippen LogP contribution in [0.15, 0.2) is 66.3 Å². The highest BCUT2D eigenvalue weighted by Gasteiger charge is 2.21. The lowest BCUT2D eigenvalue weighted by atomic mass is 10.0. The van der Waals surface area contributed by atoms with Crippen LogP contribution in [0.3, 0.4) is 0 Å². The zero-order valence-corrected chi connectivity index (χ0v) is 16.2. The number of hydrogen-bond acceptors (Lipinski definition) is 5. The molecule has 5 N–H and O–H groups in total. The van der Waals surface area contributed by atoms with Crippen LogP contribution in [-0.4, -0.2) is 21.8 Å². The Hall–Kier alpha value is -3.65. The molecule has 8 heteroatoms. The van der Waals surface area contributed by atoms with Gasteiger partial charge in [0.2, 0.25) is 5.91 Å². The van der Waals surface area contributed by atoms with Crippen LogP contribution in [0.25, 0.3) is 11.0 Å². The number of pyridine rings is 1. The predicted octanol–water partition coefficient (Wildman–Crippen LogP) is 3.71. The molecule has 4 rings (SSSR count). The topological polar surface area (TPSA) is 113 Å². The predicted molar refractivity (Wildman–Crippen MR) is 114 cm³/mol. The third kappa shape index (κ3) is 4.12. The van der Waals surface area contributed by atoms with Crippen molar-refractivity contribution in [1.29, 1.82) is 0 Å². The molecule has 1 atom stereocenters. The SMILES string of the molecule is NC(=O)CC(NC(=O)c1sccc1Nc1ccnc2[nH]ccc12)c1ccccc1. The number of primary amides is 1. The number of benzene rings is 1. The Kier molecular flexibility index (Phi) is 5.26. The third-order valence-corrected chi connectivity index (χ3v) is 5.43. The number of carbonyl (C=O) groups is 2. The van der Waals surface area contributed by atoms with Crippen molar-refractivity contribution in [3.05, 3.63) is 76.7 Å². The minimum absolute atomic E-state index is 0.0260. The summed E-state index contributed by atoms with van der Waals surface area (Å²) in [5.41, 5.74) is 8.52. The summed E-state index contributed by atoms with van der Waals surface area (Å²) in [6.07, 6.45) is 3.54. The summed E-state index contributed by atoms with van der Waals surface area (Å²) >= 11 is 1.33. The van der Waals surface area contributed by atoms with Crippen molar-refractivity contribution >= 4 is 45.6 Å². The number of rotatable bonds is 7. The van der Waals surface area contributed by atoms with Gasteiger partial charge in [0, 0.05) is 17.8 Å². The van der Waals surface area contributed by atoms with Crippen LogP contribution in [0.2, 0.25) is 0 Å². The number of H-pyrrole nitrogens is 1. The number of aromatic amines is 1. The van der Waals surface area contributed by atoms with Crippen LogP contribution in [-0.2, 0) is 4.79 Å². The molecule has 0 saturated heterocycles. The Bertz CT molecular complexity index is 1150. The highest BCUT2D eigenvalue weighted by atomic mass is 32.1. The molecule has 0 saturated carbocycles. The van der Waals surface area contributed by atoms with Gasteiger partial charge in [0.1, 0.15) is 10.5 Å². The molecule has 0 aliphatic rings. The highest BCUT2D eigenvalue weighted by Crippen LogP contribution is 2.30. The van der Waals surface area contributed by atoms with Crippen molar-refractivity contribution in [3.63, 3.8) is 0 Å². The number of nitrogens with zero attached hydrogens (tertiary/aromatic N) is 1. The molecule has 3 aromatic heterocycles. The smallest absolute Gasteiger partial charge is 0.263 e. The monoisotopic (exact) mass is 405 g/mol. The molecule has 0 aliphatic carbocycles. The van der Waals surface area contributed by atoms with Crippen molar-refractivity contribution in [2.45, 2.75) is 12.5 Å². The molecule has 0 bridgehead atoms. The summed E-state index contributed by atoms with van der Waals surface area (Å²) in [6.45, 7) is 0. The molecule has 146 valence electrons. The van der Waals surface area contributed by atoms with Crippen molar-refractivity contribution in [1.82, 2.24) is 15.3 Å². The summed E-state index contributed by atoms with van der Waals surface area (Å²) in [5.74, 6) is -0.743. The van der Waals surface area contributed by atoms with Gasteiger partial charge < -0.3 is 21.4 Å². The normalized spacial score (nSPS) is 11.9. The first kappa shape index (κ1) is 18.7. The summed E-state index contributed by atoms with van der Waals surface area (Å²) in [6, 6.07) is 14.5. The summed E-state index contributed by atoms with van der Waals surface area (Å²) in [7, 11) is 0. The lowest BCUT2D eigenvalue weighted by Gasteiger charge is -2.18. The maximum Gasteiger partial charge on any atom is 0.263 e. The summed E-state index contributed by atoms with van der Waals surface area (Å²) in [4.78, 5) is 32.4. The number of anilines is 2. The maximum absolute atomic E-state index is 13.0. The first-order valence-corrected chi connectivity index (χ1v) is 9.90. The molecule has 0 radical (unpaired) electrons. The van der Waals surface area contributed by atoms with Gasteiger partial charge in [-0.1, -0.05) is 30.3 Å². The fourth-order valence-electron chi connectivity index (χ4n) is 3.16. The molecular weight excluding hydrogens is 386 g/mol. The largest absolute Gasteiger partial charge is 0.370 e. The Morgan fingerprint density at radius 1 is 1.10 bits per heavy atom. The van der Waals surface area contributed by atoms with Crippen LogP contribution >= 0.6 is 11.3 Å². The van der Waals surface area contributed by atoms with Gasteiger partial charge >= 0.3 is 0 Å². The molecule has 0 fully saturated rings. The zero-order valence-electron chi connectivity index (χ0n) is 15.4. The lowest BCUT2D eigenvalue weighted by molar-refractivity contribution is -0.118. The highest BCUT2D eigenvalue weighted by molar-refractivity contribution is 7.12. The van der Waals surface area contributed by atoms with E-state index in [1.807, 2.05) is 60.1 Å². The Balaban J connectivity index is 1.57. The first-order chi connectivity index (χ1) is 14.1. The molecular formula is C21H19N5O2S. The Morgan fingerprint density at radius 3 is 2.72 bits per heavy atom. The summed E-state index contributed by atoms with van der Waals surface area (Å²) in [5, 5.41) is 9.03. The molecule has 0 aliphatic heterocycles. The quantitative estimate of drug-likeness (QED) is 0.375. The van der Waals surface area contributed by atoms with Gasteiger partial charge in [0.15, 0.2) is 0 Å². The van der Waals surface area contributed by atoms with Gasteiger partial charge in [-0.25, -0.2) is 4.98 Å². The number of nitrogens with one attached hydrogen (secondary N) is 3. The Labute approximate surface area is 171 Å². The average molecular weight is 405 g/mol. The van der Waals surface area contributed by atoms with E-state index >= 15 is 0 Å². The van der Waals surface area contributed by atoms with E-state index in [1.165, 1.54) is 11.3 Å². The molecule has 4 aromatic rings. The van der Waals surface area contributed by atoms with E-state index in [1.54, 1.807) is 6.20 Å².